The summed E-state index contributed by atoms with van der Waals surface area (Å²) in [7, 11) is 0. The number of fused-ring (bicyclic) bond motifs is 7. The predicted octanol–water partition coefficient (Wildman–Crippen LogP) is 5.45. The van der Waals surface area contributed by atoms with Gasteiger partial charge in [0.15, 0.2) is 5.79 Å². The third-order valence-electron chi connectivity index (χ3n) is 12.8. The van der Waals surface area contributed by atoms with E-state index in [1.807, 2.05) is 0 Å². The van der Waals surface area contributed by atoms with Crippen molar-refractivity contribution in [3.05, 3.63) is 0 Å². The molecule has 2 saturated heterocycles. The van der Waals surface area contributed by atoms with Gasteiger partial charge in [-0.25, -0.2) is 0 Å². The van der Waals surface area contributed by atoms with Crippen molar-refractivity contribution in [2.45, 2.75) is 130 Å². The van der Waals surface area contributed by atoms with Gasteiger partial charge in [-0.15, -0.1) is 0 Å². The van der Waals surface area contributed by atoms with Gasteiger partial charge in [-0.2, -0.15) is 0 Å². The van der Waals surface area contributed by atoms with Gasteiger partial charge in [-0.3, -0.25) is 14.4 Å². The molecule has 1 spiro atoms. The first kappa shape index (κ1) is 29.4. The lowest BCUT2D eigenvalue weighted by atomic mass is 9.44. The van der Waals surface area contributed by atoms with Gasteiger partial charge in [0, 0.05) is 44.9 Å². The molecule has 8 nitrogen and oxygen atoms in total. The van der Waals surface area contributed by atoms with Crippen LogP contribution in [0.15, 0.2) is 0 Å². The van der Waals surface area contributed by atoms with Gasteiger partial charge in [-0.1, -0.05) is 27.7 Å². The Labute approximate surface area is 244 Å². The van der Waals surface area contributed by atoms with Crippen LogP contribution in [0.2, 0.25) is 0 Å². The zero-order valence-corrected chi connectivity index (χ0v) is 26.0. The van der Waals surface area contributed by atoms with E-state index < -0.39 is 18.0 Å². The molecule has 4 aliphatic carbocycles. The Hall–Kier alpha value is -1.67. The van der Waals surface area contributed by atoms with Crippen LogP contribution in [0.1, 0.15) is 99.8 Å². The van der Waals surface area contributed by atoms with Crippen LogP contribution >= 0.6 is 0 Å². The fourth-order valence-electron chi connectivity index (χ4n) is 11.3. The highest BCUT2D eigenvalue weighted by molar-refractivity contribution is 5.67. The summed E-state index contributed by atoms with van der Waals surface area (Å²) in [4.78, 5) is 36.6. The molecule has 0 aromatic rings. The average molecular weight is 575 g/mol. The summed E-state index contributed by atoms with van der Waals surface area (Å²) in [5, 5.41) is 0. The van der Waals surface area contributed by atoms with Gasteiger partial charge in [0.2, 0.25) is 0 Å². The van der Waals surface area contributed by atoms with Crippen LogP contribution in [0, 0.1) is 52.3 Å². The second-order valence-electron chi connectivity index (χ2n) is 15.1. The van der Waals surface area contributed by atoms with Gasteiger partial charge < -0.3 is 23.7 Å². The summed E-state index contributed by atoms with van der Waals surface area (Å²) in [5.74, 6) is 0.909. The lowest BCUT2D eigenvalue weighted by molar-refractivity contribution is -0.284. The molecule has 41 heavy (non-hydrogen) atoms. The molecule has 6 rings (SSSR count). The Balaban J connectivity index is 1.32. The van der Waals surface area contributed by atoms with Crippen LogP contribution in [0.25, 0.3) is 0 Å². The highest BCUT2D eigenvalue weighted by Gasteiger charge is 2.73. The number of hydrogen-bond donors (Lipinski definition) is 0. The molecule has 4 saturated carbocycles. The molecule has 0 bridgehead atoms. The SMILES string of the molecule is CC(=O)O[C@@H]1[C@@H]2O[C@]3(CC[C@@H](C)CO3)[C@@H](C)[C@@H]2[C@@]2(C)CC[C@H]3[C@@H](CC[C@H]4C[C@@H](OC(C)=O)[C@H](OC(C)=O)C[C@@]43C)[C@H]12. The molecule has 8 heteroatoms. The van der Waals surface area contributed by atoms with Crippen molar-refractivity contribution in [2.75, 3.05) is 6.61 Å². The van der Waals surface area contributed by atoms with E-state index in [4.69, 9.17) is 23.7 Å². The van der Waals surface area contributed by atoms with Crippen molar-refractivity contribution in [3.63, 3.8) is 0 Å². The maximum absolute atomic E-state index is 12.6. The maximum Gasteiger partial charge on any atom is 0.303 e. The third kappa shape index (κ3) is 4.56. The van der Waals surface area contributed by atoms with Crippen LogP contribution in [0.3, 0.4) is 0 Å². The topological polar surface area (TPSA) is 97.4 Å². The zero-order chi connectivity index (χ0) is 29.5. The van der Waals surface area contributed by atoms with E-state index in [-0.39, 0.29) is 58.7 Å². The van der Waals surface area contributed by atoms with Crippen LogP contribution in [0.4, 0.5) is 0 Å². The quantitative estimate of drug-likeness (QED) is 0.324. The van der Waals surface area contributed by atoms with Crippen molar-refractivity contribution in [1.29, 1.82) is 0 Å². The molecule has 0 N–H and O–H groups in total. The molecule has 230 valence electrons. The molecule has 6 aliphatic rings. The number of carbonyl (C=O) groups excluding carboxylic acids is 3. The molecule has 6 fully saturated rings. The van der Waals surface area contributed by atoms with Gasteiger partial charge in [-0.05, 0) is 79.4 Å². The Bertz CT molecular complexity index is 1070. The second-order valence-corrected chi connectivity index (χ2v) is 15.1. The standard InChI is InChI=1S/C33H50O8/c1-17-10-13-33(37-16-17)18(2)27-30(41-33)29(40-21(5)36)28-23-9-8-22-14-25(38-19(3)34)26(39-20(4)35)15-32(22,7)24(23)11-12-31(27,28)6/h17-18,22-30H,8-16H2,1-7H3/t17-,18+,22+,23-,24+,25-,26-,27+,28-,29+,30-,31-,32+,33-/m1/s1. The summed E-state index contributed by atoms with van der Waals surface area (Å²) in [6, 6.07) is 0. The van der Waals surface area contributed by atoms with Crippen LogP contribution < -0.4 is 0 Å². The first-order chi connectivity index (χ1) is 19.3. The molecular formula is C33H50O8. The third-order valence-corrected chi connectivity index (χ3v) is 12.8. The van der Waals surface area contributed by atoms with Gasteiger partial charge in [0.05, 0.1) is 6.61 Å². The van der Waals surface area contributed by atoms with Crippen LogP contribution in [0.5, 0.6) is 0 Å². The first-order valence-electron chi connectivity index (χ1n) is 16.1. The van der Waals surface area contributed by atoms with Crippen molar-refractivity contribution in [2.24, 2.45) is 52.3 Å². The molecule has 0 amide bonds. The van der Waals surface area contributed by atoms with Gasteiger partial charge in [0.25, 0.3) is 0 Å². The molecule has 2 aliphatic heterocycles. The maximum atomic E-state index is 12.6. The van der Waals surface area contributed by atoms with E-state index in [1.165, 1.54) is 20.8 Å². The van der Waals surface area contributed by atoms with Crippen molar-refractivity contribution in [3.8, 4) is 0 Å². The smallest absolute Gasteiger partial charge is 0.303 e. The van der Waals surface area contributed by atoms with E-state index in [0.717, 1.165) is 44.9 Å². The monoisotopic (exact) mass is 574 g/mol. The summed E-state index contributed by atoms with van der Waals surface area (Å²) < 4.78 is 31.2. The van der Waals surface area contributed by atoms with E-state index >= 15 is 0 Å². The Morgan fingerprint density at radius 1 is 0.780 bits per heavy atom. The van der Waals surface area contributed by atoms with Crippen molar-refractivity contribution >= 4 is 17.9 Å². The second kappa shape index (κ2) is 10.2. The molecule has 0 radical (unpaired) electrons. The van der Waals surface area contributed by atoms with E-state index in [0.29, 0.717) is 36.7 Å². The number of rotatable bonds is 3. The molecule has 0 unspecified atom stereocenters. The van der Waals surface area contributed by atoms with Gasteiger partial charge >= 0.3 is 17.9 Å². The van der Waals surface area contributed by atoms with Crippen molar-refractivity contribution < 1.29 is 38.1 Å². The number of carbonyl (C=O) groups is 3. The Kier molecular flexibility index (Phi) is 7.32. The number of ether oxygens (including phenoxy) is 5. The van der Waals surface area contributed by atoms with Crippen molar-refractivity contribution in [1.82, 2.24) is 0 Å². The highest BCUT2D eigenvalue weighted by atomic mass is 16.7. The van der Waals surface area contributed by atoms with Crippen LogP contribution in [-0.2, 0) is 38.1 Å². The first-order valence-corrected chi connectivity index (χ1v) is 16.1. The molecular weight excluding hydrogens is 524 g/mol. The lowest BCUT2D eigenvalue weighted by Crippen LogP contribution is -2.59. The summed E-state index contributed by atoms with van der Waals surface area (Å²) >= 11 is 0. The molecule has 14 atom stereocenters. The Morgan fingerprint density at radius 2 is 1.46 bits per heavy atom. The largest absolute Gasteiger partial charge is 0.459 e. The fourth-order valence-corrected chi connectivity index (χ4v) is 11.3. The van der Waals surface area contributed by atoms with Crippen LogP contribution in [-0.4, -0.2) is 54.7 Å². The summed E-state index contributed by atoms with van der Waals surface area (Å²) in [6.07, 6.45) is 6.32. The minimum Gasteiger partial charge on any atom is -0.459 e. The highest BCUT2D eigenvalue weighted by Crippen LogP contribution is 2.72. The molecule has 2 heterocycles. The van der Waals surface area contributed by atoms with E-state index in [1.54, 1.807) is 0 Å². The normalized spacial score (nSPS) is 52.0. The minimum atomic E-state index is -0.582. The average Bonchev–Trinajstić information content (AvgIpc) is 3.29. The number of esters is 3. The zero-order valence-electron chi connectivity index (χ0n) is 26.0. The predicted molar refractivity (Wildman–Crippen MR) is 149 cm³/mol. The summed E-state index contributed by atoms with van der Waals surface area (Å²) in [5.41, 5.74) is -0.0789. The fraction of sp³-hybridized carbons (Fsp3) is 0.909. The number of hydrogen-bond acceptors (Lipinski definition) is 8. The Morgan fingerprint density at radius 3 is 2.10 bits per heavy atom. The van der Waals surface area contributed by atoms with E-state index in [9.17, 15) is 14.4 Å². The summed E-state index contributed by atoms with van der Waals surface area (Å²) in [6.45, 7) is 14.4. The molecule has 0 aromatic carbocycles. The van der Waals surface area contributed by atoms with E-state index in [2.05, 4.69) is 27.7 Å². The molecule has 0 aromatic heterocycles. The van der Waals surface area contributed by atoms with Gasteiger partial charge in [0.1, 0.15) is 24.4 Å². The minimum absolute atomic E-state index is 0.0191. The lowest BCUT2D eigenvalue weighted by Gasteiger charge is -2.62.